The summed E-state index contributed by atoms with van der Waals surface area (Å²) in [6.07, 6.45) is 1.67. The molecule has 0 bridgehead atoms. The predicted molar refractivity (Wildman–Crippen MR) is 54.0 cm³/mol. The molecule has 1 aromatic rings. The number of nitrogens with one attached hydrogen (secondary N) is 1. The fourth-order valence-corrected chi connectivity index (χ4v) is 1.02. The van der Waals surface area contributed by atoms with Crippen molar-refractivity contribution in [2.24, 2.45) is 0 Å². The Morgan fingerprint density at radius 2 is 2.23 bits per heavy atom. The number of hydrogen-bond acceptors (Lipinski definition) is 4. The van der Waals surface area contributed by atoms with Gasteiger partial charge in [0, 0.05) is 18.3 Å². The van der Waals surface area contributed by atoms with Crippen LogP contribution in [-0.4, -0.2) is 18.1 Å². The van der Waals surface area contributed by atoms with Gasteiger partial charge < -0.3 is 15.8 Å². The SMILES string of the molecule is COc1ccnc(NC(C)C)c1N. The average Bonchev–Trinajstić information content (AvgIpc) is 2.08. The fourth-order valence-electron chi connectivity index (χ4n) is 1.02. The number of nitrogen functional groups attached to an aromatic ring is 1. The molecule has 3 N–H and O–H groups in total. The zero-order valence-corrected chi connectivity index (χ0v) is 8.16. The van der Waals surface area contributed by atoms with E-state index in [0.29, 0.717) is 23.3 Å². The normalized spacial score (nSPS) is 10.2. The lowest BCUT2D eigenvalue weighted by Gasteiger charge is -2.12. The van der Waals surface area contributed by atoms with Crippen molar-refractivity contribution in [3.05, 3.63) is 12.3 Å². The van der Waals surface area contributed by atoms with Crippen LogP contribution in [0.25, 0.3) is 0 Å². The summed E-state index contributed by atoms with van der Waals surface area (Å²) in [5.74, 6) is 1.33. The molecule has 0 aliphatic rings. The maximum Gasteiger partial charge on any atom is 0.153 e. The molecule has 0 spiro atoms. The van der Waals surface area contributed by atoms with Gasteiger partial charge in [-0.05, 0) is 13.8 Å². The van der Waals surface area contributed by atoms with Gasteiger partial charge in [-0.3, -0.25) is 0 Å². The molecule has 1 aromatic heterocycles. The molecule has 0 aliphatic heterocycles. The fraction of sp³-hybridized carbons (Fsp3) is 0.444. The Morgan fingerprint density at radius 1 is 1.54 bits per heavy atom. The minimum Gasteiger partial charge on any atom is -0.494 e. The van der Waals surface area contributed by atoms with Crippen molar-refractivity contribution < 1.29 is 4.74 Å². The summed E-state index contributed by atoms with van der Waals surface area (Å²) in [6.45, 7) is 4.06. The van der Waals surface area contributed by atoms with E-state index >= 15 is 0 Å². The highest BCUT2D eigenvalue weighted by molar-refractivity contribution is 5.68. The molecule has 0 saturated heterocycles. The van der Waals surface area contributed by atoms with E-state index in [2.05, 4.69) is 10.3 Å². The topological polar surface area (TPSA) is 60.2 Å². The summed E-state index contributed by atoms with van der Waals surface area (Å²) < 4.78 is 5.06. The number of pyridine rings is 1. The molecule has 0 atom stereocenters. The Morgan fingerprint density at radius 3 is 2.77 bits per heavy atom. The summed E-state index contributed by atoms with van der Waals surface area (Å²) in [5.41, 5.74) is 6.35. The Bertz CT molecular complexity index is 286. The molecule has 0 unspecified atom stereocenters. The van der Waals surface area contributed by atoms with E-state index in [1.54, 1.807) is 19.4 Å². The lowest BCUT2D eigenvalue weighted by Crippen LogP contribution is -2.13. The molecular weight excluding hydrogens is 166 g/mol. The van der Waals surface area contributed by atoms with Crippen molar-refractivity contribution in [3.8, 4) is 5.75 Å². The monoisotopic (exact) mass is 181 g/mol. The minimum atomic E-state index is 0.307. The Kier molecular flexibility index (Phi) is 2.95. The van der Waals surface area contributed by atoms with Gasteiger partial charge in [0.05, 0.1) is 7.11 Å². The van der Waals surface area contributed by atoms with Crippen LogP contribution >= 0.6 is 0 Å². The van der Waals surface area contributed by atoms with E-state index in [1.165, 1.54) is 0 Å². The van der Waals surface area contributed by atoms with Gasteiger partial charge in [-0.2, -0.15) is 0 Å². The molecular formula is C9H15N3O. The molecule has 4 heteroatoms. The molecule has 13 heavy (non-hydrogen) atoms. The Balaban J connectivity index is 2.94. The molecule has 0 amide bonds. The van der Waals surface area contributed by atoms with Crippen molar-refractivity contribution in [1.82, 2.24) is 4.98 Å². The summed E-state index contributed by atoms with van der Waals surface area (Å²) in [4.78, 5) is 4.11. The number of rotatable bonds is 3. The largest absolute Gasteiger partial charge is 0.494 e. The number of anilines is 2. The molecule has 0 aromatic carbocycles. The maximum absolute atomic E-state index is 5.79. The smallest absolute Gasteiger partial charge is 0.153 e. The third-order valence-electron chi connectivity index (χ3n) is 1.60. The molecule has 0 radical (unpaired) electrons. The highest BCUT2D eigenvalue weighted by Crippen LogP contribution is 2.26. The third kappa shape index (κ3) is 2.24. The Hall–Kier alpha value is -1.45. The lowest BCUT2D eigenvalue weighted by atomic mass is 10.3. The van der Waals surface area contributed by atoms with Crippen LogP contribution in [0.2, 0.25) is 0 Å². The number of aromatic nitrogens is 1. The molecule has 72 valence electrons. The molecule has 1 heterocycles. The first-order chi connectivity index (χ1) is 6.15. The highest BCUT2D eigenvalue weighted by atomic mass is 16.5. The summed E-state index contributed by atoms with van der Waals surface area (Å²) in [6, 6.07) is 2.04. The van der Waals surface area contributed by atoms with Crippen molar-refractivity contribution >= 4 is 11.5 Å². The van der Waals surface area contributed by atoms with Crippen molar-refractivity contribution in [3.63, 3.8) is 0 Å². The van der Waals surface area contributed by atoms with Crippen LogP contribution in [0.15, 0.2) is 12.3 Å². The number of nitrogens with zero attached hydrogens (tertiary/aromatic N) is 1. The molecule has 1 rings (SSSR count). The van der Waals surface area contributed by atoms with Crippen molar-refractivity contribution in [2.75, 3.05) is 18.2 Å². The lowest BCUT2D eigenvalue weighted by molar-refractivity contribution is 0.416. The summed E-state index contributed by atoms with van der Waals surface area (Å²) in [7, 11) is 1.59. The van der Waals surface area contributed by atoms with E-state index in [-0.39, 0.29) is 0 Å². The van der Waals surface area contributed by atoms with E-state index in [1.807, 2.05) is 13.8 Å². The minimum absolute atomic E-state index is 0.307. The van der Waals surface area contributed by atoms with Gasteiger partial charge in [-0.25, -0.2) is 4.98 Å². The zero-order valence-electron chi connectivity index (χ0n) is 8.16. The van der Waals surface area contributed by atoms with Gasteiger partial charge in [0.25, 0.3) is 0 Å². The van der Waals surface area contributed by atoms with E-state index in [9.17, 15) is 0 Å². The number of ether oxygens (including phenoxy) is 1. The predicted octanol–water partition coefficient (Wildman–Crippen LogP) is 1.49. The van der Waals surface area contributed by atoms with Crippen LogP contribution in [0.5, 0.6) is 5.75 Å². The van der Waals surface area contributed by atoms with Gasteiger partial charge in [-0.15, -0.1) is 0 Å². The molecule has 0 saturated carbocycles. The number of methoxy groups -OCH3 is 1. The van der Waals surface area contributed by atoms with Crippen LogP contribution in [-0.2, 0) is 0 Å². The highest BCUT2D eigenvalue weighted by Gasteiger charge is 2.06. The van der Waals surface area contributed by atoms with Gasteiger partial charge in [0.2, 0.25) is 0 Å². The van der Waals surface area contributed by atoms with E-state index < -0.39 is 0 Å². The quantitative estimate of drug-likeness (QED) is 0.741. The summed E-state index contributed by atoms with van der Waals surface area (Å²) >= 11 is 0. The number of nitrogens with two attached hydrogens (primary N) is 1. The second-order valence-corrected chi connectivity index (χ2v) is 3.07. The van der Waals surface area contributed by atoms with Crippen LogP contribution < -0.4 is 15.8 Å². The molecule has 0 fully saturated rings. The van der Waals surface area contributed by atoms with Crippen LogP contribution in [0.4, 0.5) is 11.5 Å². The maximum atomic E-state index is 5.79. The van der Waals surface area contributed by atoms with Crippen molar-refractivity contribution in [2.45, 2.75) is 19.9 Å². The first-order valence-corrected chi connectivity index (χ1v) is 4.20. The average molecular weight is 181 g/mol. The van der Waals surface area contributed by atoms with E-state index in [0.717, 1.165) is 0 Å². The standard InChI is InChI=1S/C9H15N3O/c1-6(2)12-9-8(10)7(13-3)4-5-11-9/h4-6H,10H2,1-3H3,(H,11,12). The van der Waals surface area contributed by atoms with Gasteiger partial charge in [0.15, 0.2) is 5.82 Å². The number of hydrogen-bond donors (Lipinski definition) is 2. The zero-order chi connectivity index (χ0) is 9.84. The van der Waals surface area contributed by atoms with Crippen LogP contribution in [0.1, 0.15) is 13.8 Å². The second-order valence-electron chi connectivity index (χ2n) is 3.07. The van der Waals surface area contributed by atoms with Crippen LogP contribution in [0.3, 0.4) is 0 Å². The molecule has 0 aliphatic carbocycles. The van der Waals surface area contributed by atoms with Gasteiger partial charge in [0.1, 0.15) is 11.4 Å². The van der Waals surface area contributed by atoms with Gasteiger partial charge in [-0.1, -0.05) is 0 Å². The third-order valence-corrected chi connectivity index (χ3v) is 1.60. The molecule has 4 nitrogen and oxygen atoms in total. The van der Waals surface area contributed by atoms with E-state index in [4.69, 9.17) is 10.5 Å². The Labute approximate surface area is 78.1 Å². The van der Waals surface area contributed by atoms with Crippen LogP contribution in [0, 0.1) is 0 Å². The van der Waals surface area contributed by atoms with Crippen molar-refractivity contribution in [1.29, 1.82) is 0 Å². The second kappa shape index (κ2) is 3.98. The van der Waals surface area contributed by atoms with Gasteiger partial charge >= 0.3 is 0 Å². The summed E-state index contributed by atoms with van der Waals surface area (Å²) in [5, 5.41) is 3.13. The first kappa shape index (κ1) is 9.64. The first-order valence-electron chi connectivity index (χ1n) is 4.20.